The molecule has 11 heteroatoms. The summed E-state index contributed by atoms with van der Waals surface area (Å²) in [6.45, 7) is 5.69. The second kappa shape index (κ2) is 62.8. The van der Waals surface area contributed by atoms with Gasteiger partial charge in [-0.15, -0.1) is 0 Å². The van der Waals surface area contributed by atoms with E-state index in [0.717, 1.165) is 116 Å². The lowest BCUT2D eigenvalue weighted by molar-refractivity contribution is -0.305. The Kier molecular flexibility index (Phi) is 58.9. The van der Waals surface area contributed by atoms with Crippen molar-refractivity contribution >= 4 is 11.9 Å². The molecule has 0 bridgehead atoms. The molecule has 1 aliphatic rings. The molecule has 0 aromatic heterocycles. The van der Waals surface area contributed by atoms with Crippen LogP contribution in [0.5, 0.6) is 0 Å². The molecule has 8 unspecified atom stereocenters. The van der Waals surface area contributed by atoms with Crippen LogP contribution in [-0.4, -0.2) is 99.6 Å². The van der Waals surface area contributed by atoms with Gasteiger partial charge in [0, 0.05) is 6.42 Å². The first-order chi connectivity index (χ1) is 42.7. The number of carbonyl (C=O) groups excluding carboxylic acids is 2. The number of aliphatic hydroxyl groups excluding tert-OH is 5. The van der Waals surface area contributed by atoms with Crippen molar-refractivity contribution in [1.82, 2.24) is 5.32 Å². The number of ether oxygens (including phenoxy) is 3. The number of carbonyl (C=O) groups is 2. The molecule has 0 spiro atoms. The molecule has 1 amide bonds. The Morgan fingerprint density at radius 2 is 0.828 bits per heavy atom. The first kappa shape index (κ1) is 81.6. The molecule has 8 atom stereocenters. The molecule has 11 nitrogen and oxygen atoms in total. The van der Waals surface area contributed by atoms with Crippen LogP contribution in [0, 0.1) is 0 Å². The molecular formula is C76H133NO10. The summed E-state index contributed by atoms with van der Waals surface area (Å²) in [6.07, 6.45) is 74.5. The van der Waals surface area contributed by atoms with Gasteiger partial charge in [0.1, 0.15) is 24.4 Å². The van der Waals surface area contributed by atoms with E-state index >= 15 is 0 Å². The van der Waals surface area contributed by atoms with Gasteiger partial charge < -0.3 is 45.1 Å². The number of nitrogens with one attached hydrogen (secondary N) is 1. The van der Waals surface area contributed by atoms with E-state index in [0.29, 0.717) is 12.8 Å². The summed E-state index contributed by atoms with van der Waals surface area (Å²) >= 11 is 0. The predicted molar refractivity (Wildman–Crippen MR) is 365 cm³/mol. The highest BCUT2D eigenvalue weighted by atomic mass is 16.7. The molecule has 0 saturated carbocycles. The zero-order chi connectivity index (χ0) is 63.1. The van der Waals surface area contributed by atoms with Gasteiger partial charge in [0.05, 0.1) is 25.4 Å². The fraction of sp³-hybridized carbons (Fsp3) is 0.763. The normalized spacial score (nSPS) is 18.8. The van der Waals surface area contributed by atoms with Gasteiger partial charge in [0.15, 0.2) is 12.4 Å². The van der Waals surface area contributed by atoms with Crippen molar-refractivity contribution in [2.45, 2.75) is 359 Å². The first-order valence-electron chi connectivity index (χ1n) is 36.0. The van der Waals surface area contributed by atoms with Crippen molar-refractivity contribution in [2.24, 2.45) is 0 Å². The van der Waals surface area contributed by atoms with Gasteiger partial charge in [-0.2, -0.15) is 0 Å². The lowest BCUT2D eigenvalue weighted by Gasteiger charge is -2.41. The molecule has 0 aliphatic carbocycles. The topological polar surface area (TPSA) is 175 Å². The highest BCUT2D eigenvalue weighted by Gasteiger charge is 2.47. The zero-order valence-electron chi connectivity index (χ0n) is 55.9. The quantitative estimate of drug-likeness (QED) is 0.0195. The fourth-order valence-electron chi connectivity index (χ4n) is 10.8. The van der Waals surface area contributed by atoms with Gasteiger partial charge in [0.2, 0.25) is 5.91 Å². The van der Waals surface area contributed by atoms with Crippen LogP contribution in [0.25, 0.3) is 0 Å². The third-order valence-electron chi connectivity index (χ3n) is 16.5. The van der Waals surface area contributed by atoms with Gasteiger partial charge in [-0.25, -0.2) is 0 Å². The number of hydrogen-bond donors (Lipinski definition) is 6. The molecule has 1 aliphatic heterocycles. The van der Waals surface area contributed by atoms with Crippen molar-refractivity contribution in [3.05, 3.63) is 97.2 Å². The summed E-state index contributed by atoms with van der Waals surface area (Å²) in [4.78, 5) is 26.7. The van der Waals surface area contributed by atoms with Crippen LogP contribution in [0.15, 0.2) is 97.2 Å². The smallest absolute Gasteiger partial charge is 0.306 e. The summed E-state index contributed by atoms with van der Waals surface area (Å²) in [5.41, 5.74) is 0. The van der Waals surface area contributed by atoms with Gasteiger partial charge >= 0.3 is 5.97 Å². The van der Waals surface area contributed by atoms with Crippen LogP contribution < -0.4 is 5.32 Å². The van der Waals surface area contributed by atoms with E-state index in [2.05, 4.69) is 111 Å². The molecule has 0 aromatic carbocycles. The average Bonchev–Trinajstić information content (AvgIpc) is 1.30. The number of allylic oxidation sites excluding steroid dienone is 15. The molecule has 0 radical (unpaired) electrons. The van der Waals surface area contributed by atoms with Gasteiger partial charge in [-0.3, -0.25) is 9.59 Å². The Balaban J connectivity index is 2.56. The van der Waals surface area contributed by atoms with Crippen molar-refractivity contribution in [1.29, 1.82) is 0 Å². The molecule has 1 rings (SSSR count). The van der Waals surface area contributed by atoms with E-state index in [1.54, 1.807) is 6.08 Å². The maximum atomic E-state index is 13.5. The highest BCUT2D eigenvalue weighted by molar-refractivity contribution is 5.80. The van der Waals surface area contributed by atoms with E-state index in [1.165, 1.54) is 148 Å². The molecule has 1 saturated heterocycles. The highest BCUT2D eigenvalue weighted by Crippen LogP contribution is 2.26. The maximum absolute atomic E-state index is 13.5. The van der Waals surface area contributed by atoms with Crippen LogP contribution in [0.2, 0.25) is 0 Å². The van der Waals surface area contributed by atoms with Crippen LogP contribution in [0.1, 0.15) is 310 Å². The number of esters is 1. The maximum Gasteiger partial charge on any atom is 0.306 e. The summed E-state index contributed by atoms with van der Waals surface area (Å²) in [6, 6.07) is -1.03. The largest absolute Gasteiger partial charge is 0.454 e. The Morgan fingerprint density at radius 1 is 0.460 bits per heavy atom. The second-order valence-corrected chi connectivity index (χ2v) is 24.6. The van der Waals surface area contributed by atoms with Crippen molar-refractivity contribution in [3.63, 3.8) is 0 Å². The molecule has 6 N–H and O–H groups in total. The van der Waals surface area contributed by atoms with Crippen LogP contribution in [-0.2, 0) is 23.8 Å². The summed E-state index contributed by atoms with van der Waals surface area (Å²) in [5.74, 6) is -1.20. The summed E-state index contributed by atoms with van der Waals surface area (Å²) < 4.78 is 17.7. The van der Waals surface area contributed by atoms with E-state index in [1.807, 2.05) is 6.08 Å². The van der Waals surface area contributed by atoms with Gasteiger partial charge in [-0.05, 0) is 103 Å². The number of hydrogen-bond acceptors (Lipinski definition) is 10. The molecule has 1 heterocycles. The second-order valence-electron chi connectivity index (χ2n) is 24.6. The van der Waals surface area contributed by atoms with Crippen molar-refractivity contribution < 1.29 is 49.3 Å². The van der Waals surface area contributed by atoms with Gasteiger partial charge in [0.25, 0.3) is 0 Å². The number of aliphatic hydroxyl groups is 5. The SMILES string of the molecule is CC/C=C\C/C=C\C/C=C\C/C=C\C/C=C\C/C=C\CCCCCCCCCC(O)C(=O)NC(COC1OC(CO)C(O)C(O)C1OC(=O)CCCCCCCCCCCCC/C=C/CCCCCCCC)C(O)/C=C/CCCCCCCCCCC. The molecule has 0 aromatic rings. The van der Waals surface area contributed by atoms with E-state index in [9.17, 15) is 35.1 Å². The Hall–Kier alpha value is -3.42. The number of rotatable bonds is 61. The Labute approximate surface area is 533 Å². The standard InChI is InChI=1S/C76H133NO10/c1-4-7-10-13-16-19-22-24-26-28-30-32-33-34-35-36-38-39-41-43-45-48-51-54-57-60-63-69(80)75(84)77-67(68(79)62-59-56-53-50-47-21-18-15-12-9-6-3)66-85-76-74(73(83)72(82)70(65-78)86-76)87-71(81)64-61-58-55-52-49-46-44-42-40-37-31-29-27-25-23-20-17-14-11-8-5-2/h7,10,16,19,24-27,30,32,34-35,38-39,59,62,67-70,72-74,76,78-80,82-83H,4-6,8-9,11-15,17-18,20-23,28-29,31,33,36-37,40-58,60-61,63-66H2,1-3H3,(H,77,84)/b10-7-,19-16-,26-24-,27-25+,32-30-,35-34-,39-38-,62-59+. The minimum Gasteiger partial charge on any atom is -0.454 e. The van der Waals surface area contributed by atoms with Crippen LogP contribution in [0.3, 0.4) is 0 Å². The minimum absolute atomic E-state index is 0.120. The molecule has 87 heavy (non-hydrogen) atoms. The van der Waals surface area contributed by atoms with E-state index < -0.39 is 67.4 Å². The summed E-state index contributed by atoms with van der Waals surface area (Å²) in [7, 11) is 0. The predicted octanol–water partition coefficient (Wildman–Crippen LogP) is 18.6. The fourth-order valence-corrected chi connectivity index (χ4v) is 10.8. The average molecular weight is 1220 g/mol. The number of unbranched alkanes of at least 4 members (excludes halogenated alkanes) is 33. The van der Waals surface area contributed by atoms with Gasteiger partial charge in [-0.1, -0.05) is 298 Å². The van der Waals surface area contributed by atoms with E-state index in [4.69, 9.17) is 14.2 Å². The summed E-state index contributed by atoms with van der Waals surface area (Å²) in [5, 5.41) is 57.2. The number of amides is 1. The first-order valence-corrected chi connectivity index (χ1v) is 36.0. The minimum atomic E-state index is -1.62. The lowest BCUT2D eigenvalue weighted by atomic mass is 9.99. The lowest BCUT2D eigenvalue weighted by Crippen LogP contribution is -2.61. The van der Waals surface area contributed by atoms with Crippen LogP contribution >= 0.6 is 0 Å². The Bertz CT molecular complexity index is 1790. The molecule has 1 fully saturated rings. The van der Waals surface area contributed by atoms with Crippen LogP contribution in [0.4, 0.5) is 0 Å². The monoisotopic (exact) mass is 1220 g/mol. The molecular weight excluding hydrogens is 1090 g/mol. The van der Waals surface area contributed by atoms with Crippen molar-refractivity contribution in [2.75, 3.05) is 13.2 Å². The third kappa shape index (κ3) is 50.0. The van der Waals surface area contributed by atoms with Crippen molar-refractivity contribution in [3.8, 4) is 0 Å². The third-order valence-corrected chi connectivity index (χ3v) is 16.5. The Morgan fingerprint density at radius 3 is 1.25 bits per heavy atom. The zero-order valence-corrected chi connectivity index (χ0v) is 55.9. The molecule has 502 valence electrons. The van der Waals surface area contributed by atoms with E-state index in [-0.39, 0.29) is 19.4 Å².